The van der Waals surface area contributed by atoms with Gasteiger partial charge in [-0.2, -0.15) is 0 Å². The van der Waals surface area contributed by atoms with Crippen molar-refractivity contribution in [3.63, 3.8) is 0 Å². The Morgan fingerprint density at radius 1 is 1.62 bits per heavy atom. The van der Waals surface area contributed by atoms with E-state index in [0.717, 1.165) is 0 Å². The van der Waals surface area contributed by atoms with E-state index in [1.807, 2.05) is 13.8 Å². The molecule has 0 aliphatic carbocycles. The van der Waals surface area contributed by atoms with Gasteiger partial charge in [0.1, 0.15) is 0 Å². The van der Waals surface area contributed by atoms with Crippen LogP contribution in [0.1, 0.15) is 20.3 Å². The van der Waals surface area contributed by atoms with Gasteiger partial charge in [0.25, 0.3) is 0 Å². The zero-order valence-electron chi connectivity index (χ0n) is 8.42. The van der Waals surface area contributed by atoms with Crippen molar-refractivity contribution < 1.29 is 9.84 Å². The van der Waals surface area contributed by atoms with Gasteiger partial charge in [-0.25, -0.2) is 0 Å². The van der Waals surface area contributed by atoms with Crippen LogP contribution in [0.5, 0.6) is 0 Å². The van der Waals surface area contributed by atoms with Crippen LogP contribution in [0, 0.1) is 12.3 Å². The molecular formula is C10H19NO2. The van der Waals surface area contributed by atoms with E-state index in [9.17, 15) is 5.11 Å². The highest BCUT2D eigenvalue weighted by atomic mass is 16.5. The molecule has 0 spiro atoms. The van der Waals surface area contributed by atoms with Crippen molar-refractivity contribution >= 4 is 0 Å². The van der Waals surface area contributed by atoms with Gasteiger partial charge in [-0.05, 0) is 13.8 Å². The molecule has 0 saturated carbocycles. The van der Waals surface area contributed by atoms with E-state index in [1.165, 1.54) is 0 Å². The summed E-state index contributed by atoms with van der Waals surface area (Å²) in [5.74, 6) is 2.56. The molecule has 0 rings (SSSR count). The van der Waals surface area contributed by atoms with Crippen LogP contribution in [-0.2, 0) is 4.74 Å². The Morgan fingerprint density at radius 2 is 2.31 bits per heavy atom. The Hall–Kier alpha value is -0.560. The summed E-state index contributed by atoms with van der Waals surface area (Å²) < 4.78 is 5.06. The van der Waals surface area contributed by atoms with E-state index in [1.54, 1.807) is 0 Å². The fourth-order valence-corrected chi connectivity index (χ4v) is 0.899. The Morgan fingerprint density at radius 3 is 2.85 bits per heavy atom. The molecule has 0 aromatic heterocycles. The molecule has 0 amide bonds. The first-order valence-electron chi connectivity index (χ1n) is 4.63. The van der Waals surface area contributed by atoms with Crippen molar-refractivity contribution in [2.24, 2.45) is 0 Å². The third kappa shape index (κ3) is 7.79. The quantitative estimate of drug-likeness (QED) is 0.564. The number of ether oxygens (including phenoxy) is 1. The Labute approximate surface area is 80.5 Å². The van der Waals surface area contributed by atoms with Crippen LogP contribution in [-0.4, -0.2) is 37.0 Å². The number of terminal acetylenes is 1. The maximum Gasteiger partial charge on any atom is 0.0897 e. The molecule has 0 aliphatic rings. The number of hydrogen-bond acceptors (Lipinski definition) is 3. The van der Waals surface area contributed by atoms with Gasteiger partial charge in [0.2, 0.25) is 0 Å². The van der Waals surface area contributed by atoms with Gasteiger partial charge in [-0.1, -0.05) is 0 Å². The molecule has 3 nitrogen and oxygen atoms in total. The van der Waals surface area contributed by atoms with Crippen LogP contribution < -0.4 is 5.32 Å². The van der Waals surface area contributed by atoms with Crippen LogP contribution in [0.2, 0.25) is 0 Å². The first-order valence-corrected chi connectivity index (χ1v) is 4.63. The van der Waals surface area contributed by atoms with E-state index in [2.05, 4.69) is 11.2 Å². The fraction of sp³-hybridized carbons (Fsp3) is 0.800. The number of nitrogens with one attached hydrogen (secondary N) is 1. The standard InChI is InChI=1S/C10H19NO2/c1-4-6-9(3)11-7-10(12)8-13-5-2/h1,9-12H,5-8H2,2-3H3. The molecule has 0 saturated heterocycles. The molecule has 76 valence electrons. The van der Waals surface area contributed by atoms with E-state index < -0.39 is 6.10 Å². The number of hydrogen-bond donors (Lipinski definition) is 2. The Balaban J connectivity index is 3.35. The summed E-state index contributed by atoms with van der Waals surface area (Å²) in [6.07, 6.45) is 5.38. The van der Waals surface area contributed by atoms with Gasteiger partial charge in [-0.3, -0.25) is 0 Å². The van der Waals surface area contributed by atoms with Gasteiger partial charge < -0.3 is 15.2 Å². The monoisotopic (exact) mass is 185 g/mol. The lowest BCUT2D eigenvalue weighted by molar-refractivity contribution is 0.0417. The molecular weight excluding hydrogens is 166 g/mol. The summed E-state index contributed by atoms with van der Waals surface area (Å²) in [5, 5.41) is 12.5. The molecule has 0 aromatic carbocycles. The molecule has 0 bridgehead atoms. The number of aliphatic hydroxyl groups excluding tert-OH is 1. The summed E-state index contributed by atoms with van der Waals surface area (Å²) in [4.78, 5) is 0. The van der Waals surface area contributed by atoms with Crippen molar-refractivity contribution in [2.45, 2.75) is 32.4 Å². The molecule has 0 fully saturated rings. The van der Waals surface area contributed by atoms with Gasteiger partial charge >= 0.3 is 0 Å². The number of aliphatic hydroxyl groups is 1. The van der Waals surface area contributed by atoms with Crippen LogP contribution in [0.3, 0.4) is 0 Å². The summed E-state index contributed by atoms with van der Waals surface area (Å²) in [6, 6.07) is 0.251. The maximum atomic E-state index is 9.36. The molecule has 0 aliphatic heterocycles. The van der Waals surface area contributed by atoms with Gasteiger partial charge in [0, 0.05) is 25.6 Å². The van der Waals surface area contributed by atoms with Crippen LogP contribution >= 0.6 is 0 Å². The third-order valence-electron chi connectivity index (χ3n) is 1.64. The minimum absolute atomic E-state index is 0.251. The third-order valence-corrected chi connectivity index (χ3v) is 1.64. The number of rotatable bonds is 7. The SMILES string of the molecule is C#CCC(C)NCC(O)COCC. The minimum Gasteiger partial charge on any atom is -0.389 e. The molecule has 13 heavy (non-hydrogen) atoms. The van der Waals surface area contributed by atoms with Gasteiger partial charge in [0.05, 0.1) is 12.7 Å². The average molecular weight is 185 g/mol. The first-order chi connectivity index (χ1) is 6.20. The van der Waals surface area contributed by atoms with E-state index in [0.29, 0.717) is 26.2 Å². The molecule has 0 heterocycles. The Kier molecular flexibility index (Phi) is 7.71. The van der Waals surface area contributed by atoms with Gasteiger partial charge in [-0.15, -0.1) is 12.3 Å². The second-order valence-corrected chi connectivity index (χ2v) is 3.03. The van der Waals surface area contributed by atoms with Crippen molar-refractivity contribution in [3.8, 4) is 12.3 Å². The van der Waals surface area contributed by atoms with Crippen LogP contribution in [0.4, 0.5) is 0 Å². The maximum absolute atomic E-state index is 9.36. The highest BCUT2D eigenvalue weighted by molar-refractivity contribution is 4.88. The van der Waals surface area contributed by atoms with Crippen LogP contribution in [0.25, 0.3) is 0 Å². The Bertz CT molecular complexity index is 153. The fourth-order valence-electron chi connectivity index (χ4n) is 0.899. The minimum atomic E-state index is -0.444. The molecule has 3 heteroatoms. The van der Waals surface area contributed by atoms with E-state index in [4.69, 9.17) is 11.2 Å². The average Bonchev–Trinajstić information content (AvgIpc) is 2.12. The van der Waals surface area contributed by atoms with Crippen molar-refractivity contribution in [3.05, 3.63) is 0 Å². The molecule has 0 radical (unpaired) electrons. The zero-order valence-corrected chi connectivity index (χ0v) is 8.42. The predicted octanol–water partition coefficient (Wildman–Crippen LogP) is 0.385. The topological polar surface area (TPSA) is 41.5 Å². The van der Waals surface area contributed by atoms with Crippen molar-refractivity contribution in [2.75, 3.05) is 19.8 Å². The zero-order chi connectivity index (χ0) is 10.1. The van der Waals surface area contributed by atoms with Gasteiger partial charge in [0.15, 0.2) is 0 Å². The molecule has 2 unspecified atom stereocenters. The lowest BCUT2D eigenvalue weighted by atomic mass is 10.2. The summed E-state index contributed by atoms with van der Waals surface area (Å²) in [5.41, 5.74) is 0. The predicted molar refractivity (Wildman–Crippen MR) is 53.4 cm³/mol. The molecule has 2 N–H and O–H groups in total. The largest absolute Gasteiger partial charge is 0.389 e. The lowest BCUT2D eigenvalue weighted by Crippen LogP contribution is -2.35. The lowest BCUT2D eigenvalue weighted by Gasteiger charge is -2.15. The van der Waals surface area contributed by atoms with Crippen molar-refractivity contribution in [1.82, 2.24) is 5.32 Å². The molecule has 2 atom stereocenters. The normalized spacial score (nSPS) is 14.9. The summed E-state index contributed by atoms with van der Waals surface area (Å²) in [7, 11) is 0. The van der Waals surface area contributed by atoms with Crippen LogP contribution in [0.15, 0.2) is 0 Å². The molecule has 0 aromatic rings. The van der Waals surface area contributed by atoms with E-state index in [-0.39, 0.29) is 6.04 Å². The first kappa shape index (κ1) is 12.4. The second kappa shape index (κ2) is 8.06. The smallest absolute Gasteiger partial charge is 0.0897 e. The highest BCUT2D eigenvalue weighted by Gasteiger charge is 2.05. The highest BCUT2D eigenvalue weighted by Crippen LogP contribution is 1.89. The van der Waals surface area contributed by atoms with E-state index >= 15 is 0 Å². The summed E-state index contributed by atoms with van der Waals surface area (Å²) >= 11 is 0. The van der Waals surface area contributed by atoms with Crippen molar-refractivity contribution in [1.29, 1.82) is 0 Å². The summed E-state index contributed by atoms with van der Waals surface area (Å²) in [6.45, 7) is 5.44. The second-order valence-electron chi connectivity index (χ2n) is 3.03.